The van der Waals surface area contributed by atoms with E-state index in [2.05, 4.69) is 11.8 Å². The van der Waals surface area contributed by atoms with Gasteiger partial charge in [0.25, 0.3) is 0 Å². The lowest BCUT2D eigenvalue weighted by molar-refractivity contribution is 0.373. The van der Waals surface area contributed by atoms with Gasteiger partial charge in [-0.1, -0.05) is 11.8 Å². The molecular formula is C15H13NO2. The van der Waals surface area contributed by atoms with Crippen molar-refractivity contribution in [2.24, 2.45) is 0 Å². The zero-order valence-corrected chi connectivity index (χ0v) is 9.97. The number of phenolic OH excluding ortho intramolecular Hbond substituents is 1. The minimum absolute atomic E-state index is 0.107. The average molecular weight is 239 g/mol. The third-order valence-electron chi connectivity index (χ3n) is 2.44. The van der Waals surface area contributed by atoms with E-state index < -0.39 is 0 Å². The molecular weight excluding hydrogens is 226 g/mol. The van der Waals surface area contributed by atoms with Crippen LogP contribution < -0.4 is 10.5 Å². The van der Waals surface area contributed by atoms with Crippen molar-refractivity contribution in [3.63, 3.8) is 0 Å². The maximum atomic E-state index is 9.46. The number of hydrogen-bond donors (Lipinski definition) is 2. The zero-order chi connectivity index (χ0) is 13.0. The highest BCUT2D eigenvalue weighted by Crippen LogP contribution is 2.25. The first-order valence-corrected chi connectivity index (χ1v) is 5.43. The third kappa shape index (κ3) is 2.74. The summed E-state index contributed by atoms with van der Waals surface area (Å²) in [6, 6.07) is 12.3. The Morgan fingerprint density at radius 2 is 1.61 bits per heavy atom. The standard InChI is InChI=1S/C15H13NO2/c1-18-15-10-12(6-9-14(15)17)3-2-11-4-7-13(16)8-5-11/h4-10,17H,16H2,1H3. The summed E-state index contributed by atoms with van der Waals surface area (Å²) >= 11 is 0. The molecule has 2 aromatic carbocycles. The molecule has 18 heavy (non-hydrogen) atoms. The van der Waals surface area contributed by atoms with Crippen molar-refractivity contribution in [2.45, 2.75) is 0 Å². The monoisotopic (exact) mass is 239 g/mol. The molecule has 0 heterocycles. The first-order valence-electron chi connectivity index (χ1n) is 5.43. The largest absolute Gasteiger partial charge is 0.504 e. The zero-order valence-electron chi connectivity index (χ0n) is 9.97. The highest BCUT2D eigenvalue weighted by Gasteiger charge is 2.00. The quantitative estimate of drug-likeness (QED) is 0.593. The van der Waals surface area contributed by atoms with Crippen molar-refractivity contribution < 1.29 is 9.84 Å². The van der Waals surface area contributed by atoms with Gasteiger partial charge in [-0.05, 0) is 42.5 Å². The Hall–Kier alpha value is -2.60. The van der Waals surface area contributed by atoms with E-state index in [1.54, 1.807) is 30.3 Å². The number of methoxy groups -OCH3 is 1. The Balaban J connectivity index is 2.27. The molecule has 0 aliphatic rings. The van der Waals surface area contributed by atoms with Crippen LogP contribution in [0.3, 0.4) is 0 Å². The normalized spacial score (nSPS) is 9.39. The van der Waals surface area contributed by atoms with Crippen LogP contribution in [0.25, 0.3) is 0 Å². The highest BCUT2D eigenvalue weighted by atomic mass is 16.5. The number of phenols is 1. The molecule has 3 nitrogen and oxygen atoms in total. The molecule has 0 amide bonds. The molecule has 0 fully saturated rings. The van der Waals surface area contributed by atoms with Crippen molar-refractivity contribution in [1.82, 2.24) is 0 Å². The van der Waals surface area contributed by atoms with Crippen LogP contribution in [0.4, 0.5) is 5.69 Å². The van der Waals surface area contributed by atoms with Gasteiger partial charge in [0.2, 0.25) is 0 Å². The van der Waals surface area contributed by atoms with Gasteiger partial charge in [-0.25, -0.2) is 0 Å². The molecule has 0 aliphatic carbocycles. The molecule has 0 spiro atoms. The lowest BCUT2D eigenvalue weighted by Crippen LogP contribution is -1.85. The van der Waals surface area contributed by atoms with Crippen LogP contribution in [0.5, 0.6) is 11.5 Å². The number of anilines is 1. The summed E-state index contributed by atoms with van der Waals surface area (Å²) < 4.78 is 5.02. The number of hydrogen-bond acceptors (Lipinski definition) is 3. The van der Waals surface area contributed by atoms with Gasteiger partial charge in [0, 0.05) is 16.8 Å². The van der Waals surface area contributed by atoms with Gasteiger partial charge in [0.15, 0.2) is 11.5 Å². The van der Waals surface area contributed by atoms with E-state index in [0.29, 0.717) is 11.4 Å². The van der Waals surface area contributed by atoms with Gasteiger partial charge in [0.1, 0.15) is 0 Å². The lowest BCUT2D eigenvalue weighted by atomic mass is 10.1. The van der Waals surface area contributed by atoms with Crippen molar-refractivity contribution in [3.8, 4) is 23.3 Å². The van der Waals surface area contributed by atoms with E-state index in [0.717, 1.165) is 11.1 Å². The molecule has 0 saturated carbocycles. The van der Waals surface area contributed by atoms with E-state index in [1.165, 1.54) is 7.11 Å². The van der Waals surface area contributed by atoms with Crippen LogP contribution in [0.2, 0.25) is 0 Å². The summed E-state index contributed by atoms with van der Waals surface area (Å²) in [6.07, 6.45) is 0. The Labute approximate surface area is 106 Å². The summed E-state index contributed by atoms with van der Waals surface area (Å²) in [7, 11) is 1.51. The van der Waals surface area contributed by atoms with Gasteiger partial charge < -0.3 is 15.6 Å². The molecule has 90 valence electrons. The van der Waals surface area contributed by atoms with Crippen molar-refractivity contribution in [2.75, 3.05) is 12.8 Å². The van der Waals surface area contributed by atoms with Crippen molar-refractivity contribution in [1.29, 1.82) is 0 Å². The Morgan fingerprint density at radius 3 is 2.28 bits per heavy atom. The molecule has 0 atom stereocenters. The summed E-state index contributed by atoms with van der Waals surface area (Å²) in [5.41, 5.74) is 7.98. The van der Waals surface area contributed by atoms with Crippen molar-refractivity contribution >= 4 is 5.69 Å². The Bertz CT molecular complexity index is 607. The molecule has 0 aliphatic heterocycles. The van der Waals surface area contributed by atoms with Gasteiger partial charge >= 0.3 is 0 Å². The van der Waals surface area contributed by atoms with Gasteiger partial charge in [0.05, 0.1) is 7.11 Å². The Kier molecular flexibility index (Phi) is 3.40. The van der Waals surface area contributed by atoms with E-state index in [9.17, 15) is 5.11 Å². The number of ether oxygens (including phenoxy) is 1. The first kappa shape index (κ1) is 11.9. The van der Waals surface area contributed by atoms with Crippen LogP contribution in [0.1, 0.15) is 11.1 Å². The number of nitrogens with two attached hydrogens (primary N) is 1. The smallest absolute Gasteiger partial charge is 0.161 e. The molecule has 3 heteroatoms. The number of rotatable bonds is 1. The topological polar surface area (TPSA) is 55.5 Å². The minimum atomic E-state index is 0.107. The summed E-state index contributed by atoms with van der Waals surface area (Å²) in [6.45, 7) is 0. The molecule has 0 radical (unpaired) electrons. The van der Waals surface area contributed by atoms with Crippen LogP contribution in [0.15, 0.2) is 42.5 Å². The number of aromatic hydroxyl groups is 1. The first-order chi connectivity index (χ1) is 8.69. The van der Waals surface area contributed by atoms with Crippen LogP contribution in [-0.4, -0.2) is 12.2 Å². The average Bonchev–Trinajstić information content (AvgIpc) is 2.39. The SMILES string of the molecule is COc1cc(C#Cc2ccc(N)cc2)ccc1O. The summed E-state index contributed by atoms with van der Waals surface area (Å²) in [5.74, 6) is 6.54. The van der Waals surface area contributed by atoms with Gasteiger partial charge in [-0.15, -0.1) is 0 Å². The molecule has 0 unspecified atom stereocenters. The van der Waals surface area contributed by atoms with E-state index in [4.69, 9.17) is 10.5 Å². The van der Waals surface area contributed by atoms with Crippen LogP contribution in [0, 0.1) is 11.8 Å². The molecule has 0 saturated heterocycles. The molecule has 0 bridgehead atoms. The second-order valence-electron chi connectivity index (χ2n) is 3.76. The highest BCUT2D eigenvalue weighted by molar-refractivity contribution is 5.51. The molecule has 3 N–H and O–H groups in total. The molecule has 0 aromatic heterocycles. The van der Waals surface area contributed by atoms with Crippen LogP contribution >= 0.6 is 0 Å². The van der Waals surface area contributed by atoms with E-state index >= 15 is 0 Å². The number of nitrogen functional groups attached to an aromatic ring is 1. The second-order valence-corrected chi connectivity index (χ2v) is 3.76. The number of benzene rings is 2. The predicted octanol–water partition coefficient (Wildman–Crippen LogP) is 2.38. The van der Waals surface area contributed by atoms with E-state index in [1.807, 2.05) is 12.1 Å². The van der Waals surface area contributed by atoms with Gasteiger partial charge in [-0.3, -0.25) is 0 Å². The molecule has 2 rings (SSSR count). The second kappa shape index (κ2) is 5.15. The summed E-state index contributed by atoms with van der Waals surface area (Å²) in [4.78, 5) is 0. The van der Waals surface area contributed by atoms with E-state index in [-0.39, 0.29) is 5.75 Å². The Morgan fingerprint density at radius 1 is 1.00 bits per heavy atom. The predicted molar refractivity (Wildman–Crippen MR) is 71.5 cm³/mol. The maximum Gasteiger partial charge on any atom is 0.161 e. The fraction of sp³-hybridized carbons (Fsp3) is 0.0667. The van der Waals surface area contributed by atoms with Crippen molar-refractivity contribution in [3.05, 3.63) is 53.6 Å². The van der Waals surface area contributed by atoms with Crippen LogP contribution in [-0.2, 0) is 0 Å². The summed E-state index contributed by atoms with van der Waals surface area (Å²) in [5, 5.41) is 9.46. The lowest BCUT2D eigenvalue weighted by Gasteiger charge is -2.02. The molecule has 2 aromatic rings. The third-order valence-corrected chi connectivity index (χ3v) is 2.44. The maximum absolute atomic E-state index is 9.46. The fourth-order valence-electron chi connectivity index (χ4n) is 1.47. The minimum Gasteiger partial charge on any atom is -0.504 e. The fourth-order valence-corrected chi connectivity index (χ4v) is 1.47. The van der Waals surface area contributed by atoms with Gasteiger partial charge in [-0.2, -0.15) is 0 Å².